The Labute approximate surface area is 136 Å². The van der Waals surface area contributed by atoms with Crippen molar-refractivity contribution in [2.24, 2.45) is 0 Å². The van der Waals surface area contributed by atoms with Crippen LogP contribution in [-0.2, 0) is 4.79 Å². The van der Waals surface area contributed by atoms with E-state index in [1.165, 1.54) is 0 Å². The Morgan fingerprint density at radius 2 is 1.87 bits per heavy atom. The molecule has 0 bridgehead atoms. The number of anilines is 1. The minimum absolute atomic E-state index is 0.252. The van der Waals surface area contributed by atoms with Gasteiger partial charge in [-0.3, -0.25) is 4.79 Å². The van der Waals surface area contributed by atoms with Gasteiger partial charge in [-0.05, 0) is 18.6 Å². The Balaban J connectivity index is 1.58. The fourth-order valence-electron chi connectivity index (χ4n) is 2.67. The summed E-state index contributed by atoms with van der Waals surface area (Å²) in [5.41, 5.74) is 0.916. The Morgan fingerprint density at radius 1 is 1.13 bits per heavy atom. The van der Waals surface area contributed by atoms with E-state index in [4.69, 9.17) is 4.42 Å². The van der Waals surface area contributed by atoms with Crippen molar-refractivity contribution in [2.45, 2.75) is 26.2 Å². The van der Waals surface area contributed by atoms with Crippen LogP contribution in [0.25, 0.3) is 11.5 Å². The highest BCUT2D eigenvalue weighted by molar-refractivity contribution is 5.76. The van der Waals surface area contributed by atoms with Crippen molar-refractivity contribution in [1.29, 1.82) is 0 Å². The first kappa shape index (κ1) is 15.5. The van der Waals surface area contributed by atoms with Gasteiger partial charge in [0.2, 0.25) is 11.8 Å². The van der Waals surface area contributed by atoms with Crippen molar-refractivity contribution in [3.8, 4) is 11.5 Å². The van der Waals surface area contributed by atoms with E-state index in [0.717, 1.165) is 31.5 Å². The molecule has 1 saturated heterocycles. The number of hydrogen-bond acceptors (Lipinski definition) is 5. The topological polar surface area (TPSA) is 62.5 Å². The summed E-state index contributed by atoms with van der Waals surface area (Å²) >= 11 is 0. The number of carbonyl (C=O) groups is 1. The number of nitrogens with zero attached hydrogens (tertiary/aromatic N) is 4. The van der Waals surface area contributed by atoms with Crippen molar-refractivity contribution >= 4 is 11.9 Å². The van der Waals surface area contributed by atoms with Gasteiger partial charge in [0.1, 0.15) is 0 Å². The average Bonchev–Trinajstić information content (AvgIpc) is 3.11. The molecule has 1 aromatic carbocycles. The van der Waals surface area contributed by atoms with Crippen LogP contribution in [0.5, 0.6) is 0 Å². The maximum Gasteiger partial charge on any atom is 0.318 e. The fourth-order valence-corrected chi connectivity index (χ4v) is 2.67. The summed E-state index contributed by atoms with van der Waals surface area (Å²) in [4.78, 5) is 16.0. The van der Waals surface area contributed by atoms with E-state index in [1.54, 1.807) is 0 Å². The average molecular weight is 314 g/mol. The van der Waals surface area contributed by atoms with E-state index >= 15 is 0 Å². The van der Waals surface area contributed by atoms with Crippen molar-refractivity contribution < 1.29 is 9.21 Å². The van der Waals surface area contributed by atoms with E-state index in [9.17, 15) is 4.79 Å². The highest BCUT2D eigenvalue weighted by atomic mass is 16.4. The number of unbranched alkanes of at least 4 members (excludes halogenated alkanes) is 1. The number of amides is 1. The lowest BCUT2D eigenvalue weighted by Gasteiger charge is -2.33. The summed E-state index contributed by atoms with van der Waals surface area (Å²) in [7, 11) is 0. The lowest BCUT2D eigenvalue weighted by atomic mass is 10.2. The van der Waals surface area contributed by atoms with Crippen LogP contribution in [0, 0.1) is 0 Å². The van der Waals surface area contributed by atoms with Gasteiger partial charge in [-0.1, -0.05) is 36.6 Å². The van der Waals surface area contributed by atoms with Crippen molar-refractivity contribution in [3.05, 3.63) is 30.3 Å². The molecule has 122 valence electrons. The lowest BCUT2D eigenvalue weighted by Crippen LogP contribution is -2.48. The normalized spacial score (nSPS) is 15.0. The molecule has 0 radical (unpaired) electrons. The van der Waals surface area contributed by atoms with Gasteiger partial charge in [0.05, 0.1) is 0 Å². The molecule has 2 heterocycles. The third-order valence-corrected chi connectivity index (χ3v) is 4.08. The monoisotopic (exact) mass is 314 g/mol. The van der Waals surface area contributed by atoms with Crippen LogP contribution in [0.15, 0.2) is 34.7 Å². The van der Waals surface area contributed by atoms with Gasteiger partial charge in [0, 0.05) is 38.2 Å². The van der Waals surface area contributed by atoms with Crippen LogP contribution in [-0.4, -0.2) is 47.2 Å². The predicted octanol–water partition coefficient (Wildman–Crippen LogP) is 2.58. The Morgan fingerprint density at radius 3 is 2.57 bits per heavy atom. The fraction of sp³-hybridized carbons (Fsp3) is 0.471. The van der Waals surface area contributed by atoms with Crippen molar-refractivity contribution in [2.75, 3.05) is 31.1 Å². The first-order valence-electron chi connectivity index (χ1n) is 8.19. The largest absolute Gasteiger partial charge is 0.403 e. The highest BCUT2D eigenvalue weighted by Gasteiger charge is 2.24. The maximum absolute atomic E-state index is 12.0. The summed E-state index contributed by atoms with van der Waals surface area (Å²) in [5.74, 6) is 0.782. The summed E-state index contributed by atoms with van der Waals surface area (Å²) in [6.45, 7) is 4.99. The Bertz CT molecular complexity index is 633. The molecule has 0 N–H and O–H groups in total. The summed E-state index contributed by atoms with van der Waals surface area (Å²) in [6, 6.07) is 10.3. The lowest BCUT2D eigenvalue weighted by molar-refractivity contribution is -0.131. The second-order valence-electron chi connectivity index (χ2n) is 5.73. The van der Waals surface area contributed by atoms with Gasteiger partial charge < -0.3 is 14.2 Å². The smallest absolute Gasteiger partial charge is 0.318 e. The number of hydrogen-bond donors (Lipinski definition) is 0. The molecular weight excluding hydrogens is 292 g/mol. The van der Waals surface area contributed by atoms with Crippen LogP contribution < -0.4 is 4.90 Å². The van der Waals surface area contributed by atoms with Crippen molar-refractivity contribution in [3.63, 3.8) is 0 Å². The molecule has 0 atom stereocenters. The standard InChI is InChI=1S/C17H22N4O2/c1-2-3-9-15(22)20-10-12-21(13-11-20)17-19-18-16(23-17)14-7-5-4-6-8-14/h4-8H,2-3,9-13H2,1H3. The molecule has 1 aromatic heterocycles. The number of rotatable bonds is 5. The van der Waals surface area contributed by atoms with Crippen LogP contribution in [0.2, 0.25) is 0 Å². The molecular formula is C17H22N4O2. The second kappa shape index (κ2) is 7.26. The third kappa shape index (κ3) is 3.70. The molecule has 0 spiro atoms. The van der Waals surface area contributed by atoms with Crippen LogP contribution in [0.1, 0.15) is 26.2 Å². The number of benzene rings is 1. The maximum atomic E-state index is 12.0. The minimum atomic E-state index is 0.252. The SMILES string of the molecule is CCCCC(=O)N1CCN(c2nnc(-c3ccccc3)o2)CC1. The van der Waals surface area contributed by atoms with E-state index in [2.05, 4.69) is 17.1 Å². The van der Waals surface area contributed by atoms with E-state index in [-0.39, 0.29) is 5.91 Å². The molecule has 0 saturated carbocycles. The third-order valence-electron chi connectivity index (χ3n) is 4.08. The summed E-state index contributed by atoms with van der Waals surface area (Å²) in [6.07, 6.45) is 2.66. The van der Waals surface area contributed by atoms with Gasteiger partial charge in [-0.2, -0.15) is 0 Å². The van der Waals surface area contributed by atoms with Crippen LogP contribution in [0.3, 0.4) is 0 Å². The molecule has 1 amide bonds. The van der Waals surface area contributed by atoms with E-state index < -0.39 is 0 Å². The predicted molar refractivity (Wildman–Crippen MR) is 88.1 cm³/mol. The zero-order valence-electron chi connectivity index (χ0n) is 13.4. The van der Waals surface area contributed by atoms with Gasteiger partial charge in [-0.15, -0.1) is 5.10 Å². The zero-order valence-corrected chi connectivity index (χ0v) is 13.4. The minimum Gasteiger partial charge on any atom is -0.403 e. The Kier molecular flexibility index (Phi) is 4.90. The first-order valence-corrected chi connectivity index (χ1v) is 8.19. The van der Waals surface area contributed by atoms with Gasteiger partial charge in [0.15, 0.2) is 0 Å². The molecule has 1 fully saturated rings. The quantitative estimate of drug-likeness (QED) is 0.849. The van der Waals surface area contributed by atoms with E-state index in [0.29, 0.717) is 31.4 Å². The molecule has 0 unspecified atom stereocenters. The number of aromatic nitrogens is 2. The number of piperazine rings is 1. The number of carbonyl (C=O) groups excluding carboxylic acids is 1. The molecule has 1 aliphatic rings. The molecule has 23 heavy (non-hydrogen) atoms. The van der Waals surface area contributed by atoms with Gasteiger partial charge in [0.25, 0.3) is 0 Å². The molecule has 0 aliphatic carbocycles. The second-order valence-corrected chi connectivity index (χ2v) is 5.73. The van der Waals surface area contributed by atoms with Crippen molar-refractivity contribution in [1.82, 2.24) is 15.1 Å². The molecule has 3 rings (SSSR count). The van der Waals surface area contributed by atoms with Gasteiger partial charge >= 0.3 is 6.01 Å². The van der Waals surface area contributed by atoms with Crippen LogP contribution in [0.4, 0.5) is 6.01 Å². The summed E-state index contributed by atoms with van der Waals surface area (Å²) in [5, 5.41) is 8.26. The van der Waals surface area contributed by atoms with Gasteiger partial charge in [-0.25, -0.2) is 0 Å². The van der Waals surface area contributed by atoms with Crippen LogP contribution >= 0.6 is 0 Å². The Hall–Kier alpha value is -2.37. The highest BCUT2D eigenvalue weighted by Crippen LogP contribution is 2.22. The molecule has 6 heteroatoms. The van der Waals surface area contributed by atoms with E-state index in [1.807, 2.05) is 40.1 Å². The first-order chi connectivity index (χ1) is 11.3. The zero-order chi connectivity index (χ0) is 16.1. The molecule has 2 aromatic rings. The summed E-state index contributed by atoms with van der Waals surface area (Å²) < 4.78 is 5.77. The molecule has 1 aliphatic heterocycles. The molecule has 6 nitrogen and oxygen atoms in total.